The fraction of sp³-hybridized carbons (Fsp3) is 0.421. The van der Waals surface area contributed by atoms with Gasteiger partial charge >= 0.3 is 0 Å². The molecule has 10 nitrogen and oxygen atoms in total. The van der Waals surface area contributed by atoms with Gasteiger partial charge in [0.2, 0.25) is 15.8 Å². The Balaban J connectivity index is 1.57. The molecule has 30 heavy (non-hydrogen) atoms. The molecule has 3 aromatic rings. The minimum absolute atomic E-state index is 0.116. The van der Waals surface area contributed by atoms with E-state index in [4.69, 9.17) is 9.57 Å². The summed E-state index contributed by atoms with van der Waals surface area (Å²) >= 11 is 0. The average Bonchev–Trinajstić information content (AvgIpc) is 3.28. The summed E-state index contributed by atoms with van der Waals surface area (Å²) in [6.07, 6.45) is 0. The van der Waals surface area contributed by atoms with Gasteiger partial charge in [0.1, 0.15) is 11.0 Å². The van der Waals surface area contributed by atoms with Crippen LogP contribution in [0, 0.1) is 13.8 Å². The maximum absolute atomic E-state index is 12.9. The van der Waals surface area contributed by atoms with Gasteiger partial charge in [-0.05, 0) is 43.3 Å². The number of morpholine rings is 1. The van der Waals surface area contributed by atoms with Gasteiger partial charge in [-0.3, -0.25) is 4.79 Å². The van der Waals surface area contributed by atoms with E-state index in [0.29, 0.717) is 42.9 Å². The largest absolute Gasteiger partial charge is 0.387 e. The summed E-state index contributed by atoms with van der Waals surface area (Å²) in [5.74, 6) is -0.197. The Bertz CT molecular complexity index is 1210. The van der Waals surface area contributed by atoms with Crippen LogP contribution in [0.1, 0.15) is 21.7 Å². The Morgan fingerprint density at radius 3 is 2.60 bits per heavy atom. The molecule has 1 saturated heterocycles. The molecule has 0 aliphatic carbocycles. The highest BCUT2D eigenvalue weighted by molar-refractivity contribution is 7.89. The fourth-order valence-corrected chi connectivity index (χ4v) is 4.83. The molecule has 1 aliphatic heterocycles. The molecule has 1 aliphatic rings. The molecule has 0 radical (unpaired) electrons. The van der Waals surface area contributed by atoms with Gasteiger partial charge in [-0.25, -0.2) is 8.42 Å². The fourth-order valence-electron chi connectivity index (χ4n) is 3.40. The summed E-state index contributed by atoms with van der Waals surface area (Å²) in [6, 6.07) is 6.34. The van der Waals surface area contributed by atoms with E-state index in [1.807, 2.05) is 31.5 Å². The van der Waals surface area contributed by atoms with Crippen molar-refractivity contribution in [2.75, 3.05) is 32.9 Å². The maximum Gasteiger partial charge on any atom is 0.243 e. The molecule has 1 aromatic carbocycles. The van der Waals surface area contributed by atoms with Crippen molar-refractivity contribution in [2.24, 2.45) is 7.05 Å². The lowest BCUT2D eigenvalue weighted by molar-refractivity contribution is 0.0629. The van der Waals surface area contributed by atoms with Crippen molar-refractivity contribution in [1.82, 2.24) is 24.0 Å². The molecular formula is C19H23N5O5S. The minimum atomic E-state index is -3.67. The highest BCUT2D eigenvalue weighted by Gasteiger charge is 2.27. The molecule has 0 atom stereocenters. The Morgan fingerprint density at radius 1 is 1.20 bits per heavy atom. The molecule has 2 aromatic heterocycles. The van der Waals surface area contributed by atoms with Gasteiger partial charge in [0.15, 0.2) is 6.61 Å². The number of nitrogens with zero attached hydrogens (tertiary/aromatic N) is 5. The normalized spacial score (nSPS) is 15.6. The zero-order valence-electron chi connectivity index (χ0n) is 17.0. The van der Waals surface area contributed by atoms with E-state index < -0.39 is 10.0 Å². The number of sulfonamides is 1. The molecular weight excluding hydrogens is 410 g/mol. The van der Waals surface area contributed by atoms with Gasteiger partial charge in [-0.15, -0.1) is 5.10 Å². The number of benzene rings is 1. The molecule has 4 rings (SSSR count). The van der Waals surface area contributed by atoms with E-state index in [1.165, 1.54) is 16.4 Å². The van der Waals surface area contributed by atoms with Gasteiger partial charge in [-0.1, -0.05) is 4.85 Å². The first-order chi connectivity index (χ1) is 14.3. The van der Waals surface area contributed by atoms with Crippen molar-refractivity contribution in [3.05, 3.63) is 41.2 Å². The average molecular weight is 433 g/mol. The molecule has 3 heterocycles. The van der Waals surface area contributed by atoms with Crippen LogP contribution >= 0.6 is 0 Å². The highest BCUT2D eigenvalue weighted by atomic mass is 32.2. The van der Waals surface area contributed by atoms with Crippen LogP contribution in [0.3, 0.4) is 0 Å². The third-order valence-corrected chi connectivity index (χ3v) is 7.28. The molecule has 0 N–H and O–H groups in total. The third-order valence-electron chi connectivity index (χ3n) is 5.39. The van der Waals surface area contributed by atoms with Crippen LogP contribution in [0.5, 0.6) is 0 Å². The first-order valence-electron chi connectivity index (χ1n) is 9.52. The first kappa shape index (κ1) is 20.5. The van der Waals surface area contributed by atoms with E-state index in [2.05, 4.69) is 10.3 Å². The monoisotopic (exact) mass is 433 g/mol. The molecule has 0 saturated carbocycles. The Morgan fingerprint density at radius 2 is 1.93 bits per heavy atom. The predicted octanol–water partition coefficient (Wildman–Crippen LogP) is 0.719. The summed E-state index contributed by atoms with van der Waals surface area (Å²) in [7, 11) is -1.78. The summed E-state index contributed by atoms with van der Waals surface area (Å²) in [4.78, 5) is 19.3. The number of hydrogen-bond donors (Lipinski definition) is 0. The number of aromatic nitrogens is 4. The van der Waals surface area contributed by atoms with E-state index in [-0.39, 0.29) is 17.3 Å². The summed E-state index contributed by atoms with van der Waals surface area (Å²) < 4.78 is 34.4. The number of carbonyl (C=O) groups excluding carboxylic acids is 1. The standard InChI is InChI=1S/C19H23N5O5S/c1-13-10-16(14(2)22(13)3)19(25)12-29-24-18-11-15(4-5-17(18)20-21-24)30(26,27)23-6-8-28-9-7-23/h4-5,10-11H,6-9,12H2,1-3H3. The SMILES string of the molecule is Cc1cc(C(=O)COn2nnc3ccc(S(=O)(=O)N4CCOCC4)cc32)c(C)n1C. The van der Waals surface area contributed by atoms with Crippen molar-refractivity contribution in [3.8, 4) is 0 Å². The number of fused-ring (bicyclic) bond motifs is 1. The minimum Gasteiger partial charge on any atom is -0.387 e. The van der Waals surface area contributed by atoms with Crippen molar-refractivity contribution in [2.45, 2.75) is 18.7 Å². The van der Waals surface area contributed by atoms with Crippen molar-refractivity contribution < 1.29 is 22.8 Å². The van der Waals surface area contributed by atoms with Crippen LogP contribution in [0.25, 0.3) is 11.0 Å². The summed E-state index contributed by atoms with van der Waals surface area (Å²) in [5.41, 5.74) is 3.24. The summed E-state index contributed by atoms with van der Waals surface area (Å²) in [5, 5.41) is 7.89. The van der Waals surface area contributed by atoms with Crippen molar-refractivity contribution in [3.63, 3.8) is 0 Å². The molecule has 0 unspecified atom stereocenters. The third kappa shape index (κ3) is 3.59. The van der Waals surface area contributed by atoms with Crippen LogP contribution < -0.4 is 4.84 Å². The van der Waals surface area contributed by atoms with Crippen LogP contribution in [0.2, 0.25) is 0 Å². The quantitative estimate of drug-likeness (QED) is 0.527. The second-order valence-corrected chi connectivity index (χ2v) is 9.11. The zero-order valence-corrected chi connectivity index (χ0v) is 17.8. The van der Waals surface area contributed by atoms with E-state index in [0.717, 1.165) is 16.2 Å². The smallest absolute Gasteiger partial charge is 0.243 e. The zero-order chi connectivity index (χ0) is 21.5. The van der Waals surface area contributed by atoms with Gasteiger partial charge in [0.05, 0.1) is 18.1 Å². The molecule has 0 spiro atoms. The van der Waals surface area contributed by atoms with Crippen LogP contribution in [-0.4, -0.2) is 71.1 Å². The molecule has 0 amide bonds. The number of hydrogen-bond acceptors (Lipinski definition) is 7. The van der Waals surface area contributed by atoms with E-state index >= 15 is 0 Å². The van der Waals surface area contributed by atoms with E-state index in [9.17, 15) is 13.2 Å². The van der Waals surface area contributed by atoms with Crippen molar-refractivity contribution in [1.29, 1.82) is 0 Å². The predicted molar refractivity (Wildman–Crippen MR) is 108 cm³/mol. The number of ketones is 1. The van der Waals surface area contributed by atoms with Crippen LogP contribution in [0.15, 0.2) is 29.2 Å². The summed E-state index contributed by atoms with van der Waals surface area (Å²) in [6.45, 7) is 4.88. The lowest BCUT2D eigenvalue weighted by Gasteiger charge is -2.26. The number of aryl methyl sites for hydroxylation is 1. The molecule has 11 heteroatoms. The Kier molecular flexibility index (Phi) is 5.35. The second kappa shape index (κ2) is 7.82. The van der Waals surface area contributed by atoms with Crippen LogP contribution in [0.4, 0.5) is 0 Å². The number of carbonyl (C=O) groups is 1. The van der Waals surface area contributed by atoms with Gasteiger partial charge < -0.3 is 14.1 Å². The van der Waals surface area contributed by atoms with E-state index in [1.54, 1.807) is 6.07 Å². The van der Waals surface area contributed by atoms with Crippen LogP contribution in [-0.2, 0) is 21.8 Å². The Hall–Kier alpha value is -2.76. The second-order valence-electron chi connectivity index (χ2n) is 7.17. The first-order valence-corrected chi connectivity index (χ1v) is 11.0. The number of rotatable bonds is 6. The topological polar surface area (TPSA) is 109 Å². The lowest BCUT2D eigenvalue weighted by atomic mass is 10.2. The van der Waals surface area contributed by atoms with Gasteiger partial charge in [0.25, 0.3) is 0 Å². The lowest BCUT2D eigenvalue weighted by Crippen LogP contribution is -2.40. The van der Waals surface area contributed by atoms with Gasteiger partial charge in [-0.2, -0.15) is 4.31 Å². The molecule has 1 fully saturated rings. The molecule has 160 valence electrons. The highest BCUT2D eigenvalue weighted by Crippen LogP contribution is 2.21. The number of Topliss-reactive ketones (excluding diaryl/α,β-unsaturated/α-hetero) is 1. The Labute approximate surface area is 174 Å². The maximum atomic E-state index is 12.9. The van der Waals surface area contributed by atoms with Gasteiger partial charge in [0, 0.05) is 37.1 Å². The van der Waals surface area contributed by atoms with Crippen molar-refractivity contribution >= 4 is 26.8 Å². The molecule has 0 bridgehead atoms. The number of ether oxygens (including phenoxy) is 1.